The molecule has 2 heterocycles. The minimum Gasteiger partial charge on any atom is -0.491 e. The Kier molecular flexibility index (Phi) is 5.26. The summed E-state index contributed by atoms with van der Waals surface area (Å²) in [5.41, 5.74) is 5.30. The number of rotatable bonds is 6. The lowest BCUT2D eigenvalue weighted by molar-refractivity contribution is 0.242. The zero-order valence-electron chi connectivity index (χ0n) is 17.3. The van der Waals surface area contributed by atoms with Gasteiger partial charge in [-0.15, -0.1) is 0 Å². The number of ether oxygens (including phenoxy) is 2. The summed E-state index contributed by atoms with van der Waals surface area (Å²) in [6, 6.07) is 20.5. The lowest BCUT2D eigenvalue weighted by Gasteiger charge is -2.12. The molecule has 0 bridgehead atoms. The van der Waals surface area contributed by atoms with E-state index in [0.717, 1.165) is 39.5 Å². The van der Waals surface area contributed by atoms with Crippen molar-refractivity contribution in [2.75, 3.05) is 0 Å². The van der Waals surface area contributed by atoms with Gasteiger partial charge in [0.05, 0.1) is 24.1 Å². The lowest BCUT2D eigenvalue weighted by atomic mass is 10.1. The van der Waals surface area contributed by atoms with Crippen molar-refractivity contribution in [1.29, 1.82) is 0 Å². The maximum Gasteiger partial charge on any atom is 0.137 e. The molecule has 29 heavy (non-hydrogen) atoms. The summed E-state index contributed by atoms with van der Waals surface area (Å²) in [5, 5.41) is 0. The van der Waals surface area contributed by atoms with Crippen LogP contribution in [0.4, 0.5) is 0 Å². The number of fused-ring (bicyclic) bond motifs is 1. The first kappa shape index (κ1) is 19.1. The molecule has 4 heteroatoms. The molecule has 4 nitrogen and oxygen atoms in total. The average Bonchev–Trinajstić information content (AvgIpc) is 3.11. The second kappa shape index (κ2) is 8.00. The molecule has 0 unspecified atom stereocenters. The molecule has 4 rings (SSSR count). The van der Waals surface area contributed by atoms with E-state index in [9.17, 15) is 0 Å². The fourth-order valence-electron chi connectivity index (χ4n) is 3.36. The van der Waals surface area contributed by atoms with Crippen LogP contribution in [0.1, 0.15) is 27.7 Å². The van der Waals surface area contributed by atoms with Crippen molar-refractivity contribution in [3.05, 3.63) is 73.1 Å². The molecule has 0 spiro atoms. The van der Waals surface area contributed by atoms with Crippen LogP contribution in [0, 0.1) is 0 Å². The van der Waals surface area contributed by atoms with E-state index in [-0.39, 0.29) is 12.2 Å². The first-order valence-electron chi connectivity index (χ1n) is 10.0. The van der Waals surface area contributed by atoms with E-state index in [1.807, 2.05) is 64.2 Å². The minimum absolute atomic E-state index is 0.140. The van der Waals surface area contributed by atoms with Gasteiger partial charge in [0, 0.05) is 11.8 Å². The molecular formula is C25H26N2O2. The summed E-state index contributed by atoms with van der Waals surface area (Å²) in [6.45, 7) is 8.13. The van der Waals surface area contributed by atoms with Gasteiger partial charge in [0.1, 0.15) is 17.1 Å². The van der Waals surface area contributed by atoms with E-state index in [0.29, 0.717) is 0 Å². The van der Waals surface area contributed by atoms with Gasteiger partial charge in [-0.1, -0.05) is 24.3 Å². The molecule has 0 atom stereocenters. The third kappa shape index (κ3) is 4.27. The molecule has 4 aromatic rings. The van der Waals surface area contributed by atoms with E-state index in [2.05, 4.69) is 45.9 Å². The summed E-state index contributed by atoms with van der Waals surface area (Å²) in [7, 11) is 0. The maximum atomic E-state index is 5.86. The Labute approximate surface area is 171 Å². The van der Waals surface area contributed by atoms with Crippen LogP contribution in [0.5, 0.6) is 11.5 Å². The number of nitrogens with zero attached hydrogens (tertiary/aromatic N) is 2. The SMILES string of the molecule is CC(C)Oc1ccc(-c2ccc3ncc(-c4cccc(OC(C)C)c4)n3c2)cc1. The van der Waals surface area contributed by atoms with Gasteiger partial charge in [0.15, 0.2) is 0 Å². The molecule has 0 aliphatic heterocycles. The molecule has 0 radical (unpaired) electrons. The zero-order chi connectivity index (χ0) is 20.4. The van der Waals surface area contributed by atoms with Gasteiger partial charge < -0.3 is 9.47 Å². The number of aromatic nitrogens is 2. The summed E-state index contributed by atoms with van der Waals surface area (Å²) < 4.78 is 13.7. The predicted molar refractivity (Wildman–Crippen MR) is 118 cm³/mol. The Morgan fingerprint density at radius 1 is 0.724 bits per heavy atom. The number of hydrogen-bond acceptors (Lipinski definition) is 3. The largest absolute Gasteiger partial charge is 0.491 e. The Hall–Kier alpha value is -3.27. The van der Waals surface area contributed by atoms with Crippen LogP contribution < -0.4 is 9.47 Å². The molecule has 0 amide bonds. The Morgan fingerprint density at radius 3 is 2.14 bits per heavy atom. The average molecular weight is 386 g/mol. The smallest absolute Gasteiger partial charge is 0.137 e. The predicted octanol–water partition coefficient (Wildman–Crippen LogP) is 6.24. The molecule has 0 fully saturated rings. The van der Waals surface area contributed by atoms with Gasteiger partial charge in [0.25, 0.3) is 0 Å². The third-order valence-electron chi connectivity index (χ3n) is 4.57. The second-order valence-corrected chi connectivity index (χ2v) is 7.67. The van der Waals surface area contributed by atoms with E-state index < -0.39 is 0 Å². The highest BCUT2D eigenvalue weighted by molar-refractivity contribution is 5.70. The normalized spacial score (nSPS) is 11.4. The van der Waals surface area contributed by atoms with Crippen molar-refractivity contribution >= 4 is 5.65 Å². The van der Waals surface area contributed by atoms with Crippen molar-refractivity contribution in [1.82, 2.24) is 9.38 Å². The van der Waals surface area contributed by atoms with E-state index in [1.165, 1.54) is 0 Å². The third-order valence-corrected chi connectivity index (χ3v) is 4.57. The molecule has 2 aromatic heterocycles. The molecule has 0 aliphatic carbocycles. The summed E-state index contributed by atoms with van der Waals surface area (Å²) in [4.78, 5) is 4.57. The highest BCUT2D eigenvalue weighted by Gasteiger charge is 2.09. The number of hydrogen-bond donors (Lipinski definition) is 0. The quantitative estimate of drug-likeness (QED) is 0.393. The van der Waals surface area contributed by atoms with Crippen LogP contribution in [0.25, 0.3) is 28.0 Å². The first-order chi connectivity index (χ1) is 14.0. The Morgan fingerprint density at radius 2 is 1.41 bits per heavy atom. The molecular weight excluding hydrogens is 360 g/mol. The molecule has 0 saturated carbocycles. The highest BCUT2D eigenvalue weighted by atomic mass is 16.5. The Balaban J connectivity index is 1.70. The summed E-state index contributed by atoms with van der Waals surface area (Å²) >= 11 is 0. The Bertz CT molecular complexity index is 1110. The fourth-order valence-corrected chi connectivity index (χ4v) is 3.36. The van der Waals surface area contributed by atoms with Crippen LogP contribution in [0.15, 0.2) is 73.1 Å². The van der Waals surface area contributed by atoms with Crippen LogP contribution in [0.2, 0.25) is 0 Å². The highest BCUT2D eigenvalue weighted by Crippen LogP contribution is 2.28. The van der Waals surface area contributed by atoms with E-state index in [4.69, 9.17) is 9.47 Å². The lowest BCUT2D eigenvalue weighted by Crippen LogP contribution is -2.05. The zero-order valence-corrected chi connectivity index (χ0v) is 17.3. The van der Waals surface area contributed by atoms with Crippen molar-refractivity contribution in [2.45, 2.75) is 39.9 Å². The first-order valence-corrected chi connectivity index (χ1v) is 10.0. The van der Waals surface area contributed by atoms with Crippen LogP contribution in [0.3, 0.4) is 0 Å². The van der Waals surface area contributed by atoms with Gasteiger partial charge >= 0.3 is 0 Å². The molecule has 0 aliphatic rings. The van der Waals surface area contributed by atoms with Crippen molar-refractivity contribution in [2.24, 2.45) is 0 Å². The van der Waals surface area contributed by atoms with Crippen LogP contribution in [-0.2, 0) is 0 Å². The van der Waals surface area contributed by atoms with Crippen LogP contribution in [-0.4, -0.2) is 21.6 Å². The molecule has 0 N–H and O–H groups in total. The maximum absolute atomic E-state index is 5.86. The minimum atomic E-state index is 0.140. The topological polar surface area (TPSA) is 35.8 Å². The number of benzene rings is 2. The molecule has 0 saturated heterocycles. The van der Waals surface area contributed by atoms with Gasteiger partial charge in [-0.3, -0.25) is 4.40 Å². The standard InChI is InChI=1S/C25H26N2O2/c1-17(2)28-22-11-8-19(9-12-22)21-10-13-25-26-15-24(27(25)16-21)20-6-5-7-23(14-20)29-18(3)4/h5-18H,1-4H3. The molecule has 2 aromatic carbocycles. The number of imidazole rings is 1. The van der Waals surface area contributed by atoms with E-state index >= 15 is 0 Å². The van der Waals surface area contributed by atoms with Gasteiger partial charge in [-0.25, -0.2) is 4.98 Å². The van der Waals surface area contributed by atoms with Gasteiger partial charge in [-0.2, -0.15) is 0 Å². The van der Waals surface area contributed by atoms with Crippen molar-refractivity contribution < 1.29 is 9.47 Å². The van der Waals surface area contributed by atoms with E-state index in [1.54, 1.807) is 0 Å². The molecule has 148 valence electrons. The van der Waals surface area contributed by atoms with Crippen molar-refractivity contribution in [3.8, 4) is 33.9 Å². The van der Waals surface area contributed by atoms with Gasteiger partial charge in [-0.05, 0) is 75.2 Å². The number of pyridine rings is 1. The van der Waals surface area contributed by atoms with Crippen molar-refractivity contribution in [3.63, 3.8) is 0 Å². The summed E-state index contributed by atoms with van der Waals surface area (Å²) in [6.07, 6.45) is 4.35. The van der Waals surface area contributed by atoms with Crippen LogP contribution >= 0.6 is 0 Å². The summed E-state index contributed by atoms with van der Waals surface area (Å²) in [5.74, 6) is 1.75. The van der Waals surface area contributed by atoms with Gasteiger partial charge in [0.2, 0.25) is 0 Å². The fraction of sp³-hybridized carbons (Fsp3) is 0.240. The monoisotopic (exact) mass is 386 g/mol. The second-order valence-electron chi connectivity index (χ2n) is 7.67.